The van der Waals surface area contributed by atoms with Crippen molar-refractivity contribution in [1.29, 1.82) is 0 Å². The Morgan fingerprint density at radius 1 is 1.16 bits per heavy atom. The van der Waals surface area contributed by atoms with Gasteiger partial charge in [0.15, 0.2) is 0 Å². The van der Waals surface area contributed by atoms with E-state index in [1.807, 2.05) is 24.3 Å². The maximum Gasteiger partial charge on any atom is 0.408 e. The summed E-state index contributed by atoms with van der Waals surface area (Å²) in [6.45, 7) is 7.98. The molecule has 0 radical (unpaired) electrons. The average molecular weight is 351 g/mol. The number of nitrogens with one attached hydrogen (secondary N) is 1. The number of ether oxygens (including phenoxy) is 2. The Morgan fingerprint density at radius 2 is 1.80 bits per heavy atom. The van der Waals surface area contributed by atoms with E-state index in [9.17, 15) is 14.7 Å². The van der Waals surface area contributed by atoms with Crippen LogP contribution < -0.4 is 10.1 Å². The van der Waals surface area contributed by atoms with Gasteiger partial charge in [-0.25, -0.2) is 9.59 Å². The molecule has 6 heteroatoms. The molecule has 2 N–H and O–H groups in total. The van der Waals surface area contributed by atoms with Gasteiger partial charge in [0.2, 0.25) is 0 Å². The largest absolute Gasteiger partial charge is 0.494 e. The Kier molecular flexibility index (Phi) is 8.25. The van der Waals surface area contributed by atoms with Gasteiger partial charge in [-0.05, 0) is 44.9 Å². The standard InChI is InChI=1S/C19H29NO5/c1-5-6-7-12-24-15-10-8-14(9-11-15)13-16(17(21)22)20-18(23)25-19(2,3)4/h8-11,16H,5-7,12-13H2,1-4H3,(H,20,23)(H,21,22). The molecule has 1 aromatic rings. The molecular formula is C19H29NO5. The summed E-state index contributed by atoms with van der Waals surface area (Å²) in [5.74, 6) is -0.349. The molecule has 0 aliphatic heterocycles. The van der Waals surface area contributed by atoms with Crippen LogP contribution in [0.4, 0.5) is 4.79 Å². The summed E-state index contributed by atoms with van der Waals surface area (Å²) in [5.41, 5.74) is 0.119. The monoisotopic (exact) mass is 351 g/mol. The van der Waals surface area contributed by atoms with Crippen LogP contribution in [0.3, 0.4) is 0 Å². The summed E-state index contributed by atoms with van der Waals surface area (Å²) in [5, 5.41) is 11.7. The first-order chi connectivity index (χ1) is 11.7. The molecule has 0 saturated carbocycles. The van der Waals surface area contributed by atoms with Crippen molar-refractivity contribution in [2.75, 3.05) is 6.61 Å². The number of carboxylic acid groups (broad SMARTS) is 1. The Hall–Kier alpha value is -2.24. The number of carboxylic acids is 1. The van der Waals surface area contributed by atoms with Crippen molar-refractivity contribution in [1.82, 2.24) is 5.32 Å². The molecule has 0 spiro atoms. The fraction of sp³-hybridized carbons (Fsp3) is 0.579. The number of benzene rings is 1. The SMILES string of the molecule is CCCCCOc1ccc(CC(NC(=O)OC(C)(C)C)C(=O)O)cc1. The average Bonchev–Trinajstić information content (AvgIpc) is 2.50. The molecule has 25 heavy (non-hydrogen) atoms. The normalized spacial score (nSPS) is 12.3. The second-order valence-corrected chi connectivity index (χ2v) is 6.94. The molecular weight excluding hydrogens is 322 g/mol. The van der Waals surface area contributed by atoms with Gasteiger partial charge in [0.1, 0.15) is 17.4 Å². The number of aliphatic carboxylic acids is 1. The van der Waals surface area contributed by atoms with E-state index < -0.39 is 23.7 Å². The van der Waals surface area contributed by atoms with Crippen LogP contribution in [0.15, 0.2) is 24.3 Å². The Labute approximate surface area is 149 Å². The molecule has 1 amide bonds. The van der Waals surface area contributed by atoms with Gasteiger partial charge in [-0.1, -0.05) is 31.9 Å². The lowest BCUT2D eigenvalue weighted by molar-refractivity contribution is -0.139. The minimum absolute atomic E-state index is 0.171. The highest BCUT2D eigenvalue weighted by Gasteiger charge is 2.24. The highest BCUT2D eigenvalue weighted by Crippen LogP contribution is 2.15. The van der Waals surface area contributed by atoms with Crippen molar-refractivity contribution in [3.05, 3.63) is 29.8 Å². The molecule has 0 aromatic heterocycles. The van der Waals surface area contributed by atoms with Crippen molar-refractivity contribution in [2.45, 2.75) is 65.0 Å². The number of unbranched alkanes of at least 4 members (excludes halogenated alkanes) is 2. The topological polar surface area (TPSA) is 84.9 Å². The van der Waals surface area contributed by atoms with Crippen molar-refractivity contribution in [3.8, 4) is 5.75 Å². The van der Waals surface area contributed by atoms with E-state index in [2.05, 4.69) is 12.2 Å². The molecule has 140 valence electrons. The molecule has 1 aromatic carbocycles. The van der Waals surface area contributed by atoms with Crippen LogP contribution in [0.2, 0.25) is 0 Å². The third-order valence-corrected chi connectivity index (χ3v) is 3.37. The third kappa shape index (κ3) is 8.98. The second-order valence-electron chi connectivity index (χ2n) is 6.94. The van der Waals surface area contributed by atoms with Gasteiger partial charge in [0.25, 0.3) is 0 Å². The van der Waals surface area contributed by atoms with Crippen molar-refractivity contribution < 1.29 is 24.2 Å². The van der Waals surface area contributed by atoms with Gasteiger partial charge < -0.3 is 19.9 Å². The molecule has 0 aliphatic rings. The molecule has 6 nitrogen and oxygen atoms in total. The lowest BCUT2D eigenvalue weighted by Crippen LogP contribution is -2.44. The number of hydrogen-bond donors (Lipinski definition) is 2. The smallest absolute Gasteiger partial charge is 0.408 e. The molecule has 0 saturated heterocycles. The zero-order valence-corrected chi connectivity index (χ0v) is 15.5. The number of rotatable bonds is 9. The van der Waals surface area contributed by atoms with Crippen LogP contribution in [0, 0.1) is 0 Å². The van der Waals surface area contributed by atoms with Gasteiger partial charge >= 0.3 is 12.1 Å². The van der Waals surface area contributed by atoms with Crippen LogP contribution in [0.1, 0.15) is 52.5 Å². The summed E-state index contributed by atoms with van der Waals surface area (Å²) in [4.78, 5) is 23.2. The zero-order chi connectivity index (χ0) is 18.9. The highest BCUT2D eigenvalue weighted by atomic mass is 16.6. The molecule has 1 unspecified atom stereocenters. The fourth-order valence-electron chi connectivity index (χ4n) is 2.15. The van der Waals surface area contributed by atoms with Crippen molar-refractivity contribution >= 4 is 12.1 Å². The van der Waals surface area contributed by atoms with E-state index in [0.29, 0.717) is 6.61 Å². The lowest BCUT2D eigenvalue weighted by Gasteiger charge is -2.22. The summed E-state index contributed by atoms with van der Waals surface area (Å²) < 4.78 is 10.7. The molecule has 0 fully saturated rings. The predicted octanol–water partition coefficient (Wildman–Crippen LogP) is 3.78. The van der Waals surface area contributed by atoms with Crippen LogP contribution in [0.5, 0.6) is 5.75 Å². The zero-order valence-electron chi connectivity index (χ0n) is 15.5. The maximum absolute atomic E-state index is 11.8. The summed E-state index contributed by atoms with van der Waals surface area (Å²) in [6, 6.07) is 6.19. The third-order valence-electron chi connectivity index (χ3n) is 3.37. The number of amides is 1. The fourth-order valence-corrected chi connectivity index (χ4v) is 2.15. The molecule has 0 aliphatic carbocycles. The Balaban J connectivity index is 2.57. The number of carbonyl (C=O) groups is 2. The summed E-state index contributed by atoms with van der Waals surface area (Å²) in [7, 11) is 0. The van der Waals surface area contributed by atoms with Crippen molar-refractivity contribution in [3.63, 3.8) is 0 Å². The summed E-state index contributed by atoms with van der Waals surface area (Å²) in [6.07, 6.45) is 2.72. The van der Waals surface area contributed by atoms with Gasteiger partial charge in [0.05, 0.1) is 6.61 Å². The van der Waals surface area contributed by atoms with Gasteiger partial charge in [-0.3, -0.25) is 0 Å². The minimum atomic E-state index is -1.11. The van der Waals surface area contributed by atoms with E-state index in [1.165, 1.54) is 0 Å². The second kappa shape index (κ2) is 9.91. The number of carbonyl (C=O) groups excluding carboxylic acids is 1. The van der Waals surface area contributed by atoms with E-state index in [-0.39, 0.29) is 6.42 Å². The summed E-state index contributed by atoms with van der Waals surface area (Å²) >= 11 is 0. The molecule has 1 atom stereocenters. The molecule has 0 bridgehead atoms. The number of alkyl carbamates (subject to hydrolysis) is 1. The van der Waals surface area contributed by atoms with Crippen LogP contribution in [-0.4, -0.2) is 35.4 Å². The van der Waals surface area contributed by atoms with Crippen LogP contribution >= 0.6 is 0 Å². The lowest BCUT2D eigenvalue weighted by atomic mass is 10.1. The molecule has 0 heterocycles. The van der Waals surface area contributed by atoms with Crippen molar-refractivity contribution in [2.24, 2.45) is 0 Å². The van der Waals surface area contributed by atoms with Gasteiger partial charge in [0, 0.05) is 6.42 Å². The van der Waals surface area contributed by atoms with E-state index >= 15 is 0 Å². The predicted molar refractivity (Wildman–Crippen MR) is 96.0 cm³/mol. The van der Waals surface area contributed by atoms with Gasteiger partial charge in [-0.2, -0.15) is 0 Å². The van der Waals surface area contributed by atoms with Gasteiger partial charge in [-0.15, -0.1) is 0 Å². The van der Waals surface area contributed by atoms with E-state index in [1.54, 1.807) is 20.8 Å². The van der Waals surface area contributed by atoms with E-state index in [4.69, 9.17) is 9.47 Å². The Morgan fingerprint density at radius 3 is 2.32 bits per heavy atom. The maximum atomic E-state index is 11.8. The first-order valence-electron chi connectivity index (χ1n) is 8.65. The van der Waals surface area contributed by atoms with Crippen LogP contribution in [-0.2, 0) is 16.0 Å². The van der Waals surface area contributed by atoms with Crippen LogP contribution in [0.25, 0.3) is 0 Å². The molecule has 1 rings (SSSR count). The van der Waals surface area contributed by atoms with E-state index in [0.717, 1.165) is 30.6 Å². The Bertz CT molecular complexity index is 548. The first-order valence-corrected chi connectivity index (χ1v) is 8.65. The highest BCUT2D eigenvalue weighted by molar-refractivity contribution is 5.80. The quantitative estimate of drug-likeness (QED) is 0.662. The minimum Gasteiger partial charge on any atom is -0.494 e. The number of hydrogen-bond acceptors (Lipinski definition) is 4. The first kappa shape index (κ1) is 20.8.